The fraction of sp³-hybridized carbons (Fsp3) is 0.333. The van der Waals surface area contributed by atoms with Gasteiger partial charge in [0.1, 0.15) is 0 Å². The highest BCUT2D eigenvalue weighted by molar-refractivity contribution is 6.35. The van der Waals surface area contributed by atoms with Gasteiger partial charge in [0.2, 0.25) is 5.91 Å². The van der Waals surface area contributed by atoms with Crippen molar-refractivity contribution in [3.8, 4) is 0 Å². The van der Waals surface area contributed by atoms with E-state index in [1.165, 1.54) is 0 Å². The van der Waals surface area contributed by atoms with Gasteiger partial charge in [-0.1, -0.05) is 54.1 Å². The number of carbonyl (C=O) groups is 2. The molecule has 6 heteroatoms. The number of rotatable bonds is 9. The summed E-state index contributed by atoms with van der Waals surface area (Å²) in [6.45, 7) is 4.89. The SMILES string of the molecule is CCOC(CN1C(=O)CCC(C(=O)c2ccccc2Cl)=C1c1ccccc1)OCC. The van der Waals surface area contributed by atoms with Gasteiger partial charge in [-0.3, -0.25) is 9.59 Å². The van der Waals surface area contributed by atoms with Gasteiger partial charge in [-0.05, 0) is 38.0 Å². The first-order valence-corrected chi connectivity index (χ1v) is 10.6. The predicted octanol–water partition coefficient (Wildman–Crippen LogP) is 4.96. The quantitative estimate of drug-likeness (QED) is 0.419. The van der Waals surface area contributed by atoms with E-state index >= 15 is 0 Å². The molecular formula is C24H26ClNO4. The van der Waals surface area contributed by atoms with Crippen LogP contribution in [0.2, 0.25) is 5.02 Å². The van der Waals surface area contributed by atoms with Gasteiger partial charge in [0.15, 0.2) is 12.1 Å². The maximum Gasteiger partial charge on any atom is 0.227 e. The van der Waals surface area contributed by atoms with Crippen molar-refractivity contribution in [3.05, 3.63) is 76.3 Å². The number of hydrogen-bond donors (Lipinski definition) is 0. The highest BCUT2D eigenvalue weighted by atomic mass is 35.5. The average molecular weight is 428 g/mol. The fourth-order valence-electron chi connectivity index (χ4n) is 3.60. The Kier molecular flexibility index (Phi) is 7.80. The molecule has 0 N–H and O–H groups in total. The lowest BCUT2D eigenvalue weighted by atomic mass is 9.90. The molecule has 0 unspecified atom stereocenters. The van der Waals surface area contributed by atoms with Crippen LogP contribution in [0.25, 0.3) is 5.70 Å². The number of carbonyl (C=O) groups excluding carboxylic acids is 2. The van der Waals surface area contributed by atoms with Gasteiger partial charge < -0.3 is 14.4 Å². The van der Waals surface area contributed by atoms with Crippen molar-refractivity contribution in [3.63, 3.8) is 0 Å². The Balaban J connectivity index is 2.10. The van der Waals surface area contributed by atoms with Crippen molar-refractivity contribution in [2.75, 3.05) is 19.8 Å². The van der Waals surface area contributed by atoms with Crippen molar-refractivity contribution in [2.24, 2.45) is 0 Å². The molecule has 30 heavy (non-hydrogen) atoms. The number of ketones is 1. The molecule has 3 rings (SSSR count). The number of ether oxygens (including phenoxy) is 2. The Bertz CT molecular complexity index is 920. The highest BCUT2D eigenvalue weighted by Crippen LogP contribution is 2.34. The molecular weight excluding hydrogens is 402 g/mol. The van der Waals surface area contributed by atoms with E-state index in [9.17, 15) is 9.59 Å². The second-order valence-corrected chi connectivity index (χ2v) is 7.25. The van der Waals surface area contributed by atoms with Gasteiger partial charge in [-0.25, -0.2) is 0 Å². The molecule has 1 heterocycles. The Morgan fingerprint density at radius 2 is 1.63 bits per heavy atom. The van der Waals surface area contributed by atoms with Crippen LogP contribution in [0.4, 0.5) is 0 Å². The summed E-state index contributed by atoms with van der Waals surface area (Å²) in [4.78, 5) is 28.0. The van der Waals surface area contributed by atoms with Crippen LogP contribution in [0.15, 0.2) is 60.2 Å². The van der Waals surface area contributed by atoms with Crippen LogP contribution < -0.4 is 0 Å². The van der Waals surface area contributed by atoms with Gasteiger partial charge >= 0.3 is 0 Å². The zero-order chi connectivity index (χ0) is 21.5. The lowest BCUT2D eigenvalue weighted by molar-refractivity contribution is -0.153. The summed E-state index contributed by atoms with van der Waals surface area (Å²) >= 11 is 6.30. The average Bonchev–Trinajstić information content (AvgIpc) is 2.76. The first-order chi connectivity index (χ1) is 14.6. The van der Waals surface area contributed by atoms with E-state index in [2.05, 4.69) is 0 Å². The Labute approximate surface area is 182 Å². The number of nitrogens with zero attached hydrogens (tertiary/aromatic N) is 1. The third-order valence-corrected chi connectivity index (χ3v) is 5.25. The van der Waals surface area contributed by atoms with Crippen molar-refractivity contribution in [1.82, 2.24) is 4.90 Å². The Hall–Kier alpha value is -2.47. The van der Waals surface area contributed by atoms with Crippen molar-refractivity contribution in [2.45, 2.75) is 33.0 Å². The summed E-state index contributed by atoms with van der Waals surface area (Å²) < 4.78 is 11.3. The third-order valence-electron chi connectivity index (χ3n) is 4.92. The molecule has 0 spiro atoms. The molecule has 0 saturated heterocycles. The summed E-state index contributed by atoms with van der Waals surface area (Å²) in [5, 5.41) is 0.396. The number of hydrogen-bond acceptors (Lipinski definition) is 4. The van der Waals surface area contributed by atoms with E-state index in [4.69, 9.17) is 21.1 Å². The Morgan fingerprint density at radius 3 is 2.27 bits per heavy atom. The van der Waals surface area contributed by atoms with Crippen LogP contribution in [0.1, 0.15) is 42.6 Å². The van der Waals surface area contributed by atoms with Crippen molar-refractivity contribution >= 4 is 29.0 Å². The van der Waals surface area contributed by atoms with E-state index in [-0.39, 0.29) is 24.7 Å². The maximum absolute atomic E-state index is 13.5. The standard InChI is InChI=1S/C24H26ClNO4/c1-3-29-22(30-4-2)16-26-21(27)15-14-19(23(26)17-10-6-5-7-11-17)24(28)18-12-8-9-13-20(18)25/h5-13,22H,3-4,14-16H2,1-2H3. The molecule has 1 aliphatic heterocycles. The molecule has 1 amide bonds. The molecule has 158 valence electrons. The molecule has 2 aromatic carbocycles. The second kappa shape index (κ2) is 10.5. The predicted molar refractivity (Wildman–Crippen MR) is 117 cm³/mol. The molecule has 5 nitrogen and oxygen atoms in total. The minimum atomic E-state index is -0.572. The number of halogens is 1. The van der Waals surface area contributed by atoms with E-state index in [1.807, 2.05) is 44.2 Å². The third kappa shape index (κ3) is 4.98. The van der Waals surface area contributed by atoms with E-state index in [0.29, 0.717) is 41.5 Å². The minimum absolute atomic E-state index is 0.0611. The topological polar surface area (TPSA) is 55.8 Å². The van der Waals surface area contributed by atoms with E-state index in [1.54, 1.807) is 29.2 Å². The van der Waals surface area contributed by atoms with Crippen LogP contribution in [0.5, 0.6) is 0 Å². The number of Topliss-reactive ketones (excluding diaryl/α,β-unsaturated/α-hetero) is 1. The second-order valence-electron chi connectivity index (χ2n) is 6.85. The monoisotopic (exact) mass is 427 g/mol. The van der Waals surface area contributed by atoms with Crippen molar-refractivity contribution < 1.29 is 19.1 Å². The summed E-state index contributed by atoms with van der Waals surface area (Å²) in [5.74, 6) is -0.227. The number of amides is 1. The molecule has 0 bridgehead atoms. The minimum Gasteiger partial charge on any atom is -0.351 e. The number of allylic oxidation sites excluding steroid dienone is 1. The molecule has 2 aromatic rings. The smallest absolute Gasteiger partial charge is 0.227 e. The van der Waals surface area contributed by atoms with Crippen molar-refractivity contribution in [1.29, 1.82) is 0 Å². The van der Waals surface area contributed by atoms with Gasteiger partial charge in [0, 0.05) is 30.8 Å². The van der Waals surface area contributed by atoms with Gasteiger partial charge in [-0.2, -0.15) is 0 Å². The molecule has 0 aliphatic carbocycles. The summed E-state index contributed by atoms with van der Waals surface area (Å²) in [7, 11) is 0. The first kappa shape index (κ1) is 22.2. The van der Waals surface area contributed by atoms with Crippen LogP contribution in [-0.2, 0) is 14.3 Å². The largest absolute Gasteiger partial charge is 0.351 e. The van der Waals surface area contributed by atoms with Crippen LogP contribution in [0, 0.1) is 0 Å². The molecule has 0 fully saturated rings. The molecule has 1 aliphatic rings. The number of benzene rings is 2. The van der Waals surface area contributed by atoms with Gasteiger partial charge in [0.25, 0.3) is 0 Å². The molecule has 0 radical (unpaired) electrons. The molecule has 0 atom stereocenters. The van der Waals surface area contributed by atoms with E-state index < -0.39 is 6.29 Å². The lowest BCUT2D eigenvalue weighted by Gasteiger charge is -2.34. The summed E-state index contributed by atoms with van der Waals surface area (Å²) in [6.07, 6.45) is 0.0297. The Morgan fingerprint density at radius 1 is 1.00 bits per heavy atom. The fourth-order valence-corrected chi connectivity index (χ4v) is 3.82. The zero-order valence-corrected chi connectivity index (χ0v) is 18.0. The summed E-state index contributed by atoms with van der Waals surface area (Å²) in [6, 6.07) is 16.5. The molecule has 0 aromatic heterocycles. The van der Waals surface area contributed by atoms with Crippen LogP contribution in [-0.4, -0.2) is 42.6 Å². The normalized spacial score (nSPS) is 14.5. The lowest BCUT2D eigenvalue weighted by Crippen LogP contribution is -2.41. The zero-order valence-electron chi connectivity index (χ0n) is 17.3. The summed E-state index contributed by atoms with van der Waals surface area (Å²) in [5.41, 5.74) is 2.40. The van der Waals surface area contributed by atoms with Crippen LogP contribution in [0.3, 0.4) is 0 Å². The van der Waals surface area contributed by atoms with Gasteiger partial charge in [0.05, 0.1) is 17.3 Å². The maximum atomic E-state index is 13.5. The van der Waals surface area contributed by atoms with Gasteiger partial charge in [-0.15, -0.1) is 0 Å². The highest BCUT2D eigenvalue weighted by Gasteiger charge is 2.33. The van der Waals surface area contributed by atoms with Crippen LogP contribution >= 0.6 is 11.6 Å². The first-order valence-electron chi connectivity index (χ1n) is 10.2. The van der Waals surface area contributed by atoms with E-state index in [0.717, 1.165) is 5.56 Å². The molecule has 0 saturated carbocycles.